The Hall–Kier alpha value is -1.58. The average Bonchev–Trinajstić information content (AvgIpc) is 3.01. The van der Waals surface area contributed by atoms with Gasteiger partial charge < -0.3 is 11.1 Å². The number of nitrogens with one attached hydrogen (secondary N) is 1. The number of hydrogen-bond acceptors (Lipinski definition) is 3. The fraction of sp³-hybridized carbons (Fsp3) is 0.455. The second kappa shape index (κ2) is 3.88. The van der Waals surface area contributed by atoms with E-state index < -0.39 is 0 Å². The summed E-state index contributed by atoms with van der Waals surface area (Å²) in [7, 11) is 0. The molecule has 0 spiro atoms. The quantitative estimate of drug-likeness (QED) is 0.697. The number of carbonyl (C=O) groups excluding carboxylic acids is 1. The van der Waals surface area contributed by atoms with Crippen molar-refractivity contribution in [1.29, 1.82) is 0 Å². The van der Waals surface area contributed by atoms with Crippen LogP contribution >= 0.6 is 0 Å². The Kier molecular flexibility index (Phi) is 2.58. The van der Waals surface area contributed by atoms with Crippen LogP contribution in [0, 0.1) is 5.92 Å². The molecule has 2 rings (SSSR count). The molecule has 4 nitrogen and oxygen atoms in total. The summed E-state index contributed by atoms with van der Waals surface area (Å²) >= 11 is 0. The van der Waals surface area contributed by atoms with E-state index in [1.807, 2.05) is 13.0 Å². The molecular formula is C11H15N3O. The molecule has 1 aliphatic carbocycles. The zero-order valence-corrected chi connectivity index (χ0v) is 8.73. The number of rotatable bonds is 2. The highest BCUT2D eigenvalue weighted by Crippen LogP contribution is 2.29. The average molecular weight is 205 g/mol. The molecule has 1 fully saturated rings. The first-order valence-electron chi connectivity index (χ1n) is 5.18. The van der Waals surface area contributed by atoms with Gasteiger partial charge in [0.25, 0.3) is 0 Å². The molecule has 0 radical (unpaired) electrons. The minimum absolute atomic E-state index is 0.0891. The van der Waals surface area contributed by atoms with E-state index in [9.17, 15) is 4.79 Å². The summed E-state index contributed by atoms with van der Waals surface area (Å²) in [6.07, 6.45) is 6.97. The van der Waals surface area contributed by atoms with E-state index in [1.165, 1.54) is 0 Å². The Bertz CT molecular complexity index is 364. The summed E-state index contributed by atoms with van der Waals surface area (Å²) in [5.74, 6) is 0.289. The van der Waals surface area contributed by atoms with Crippen LogP contribution in [0.1, 0.15) is 19.8 Å². The van der Waals surface area contributed by atoms with Gasteiger partial charge >= 0.3 is 0 Å². The summed E-state index contributed by atoms with van der Waals surface area (Å²) in [6, 6.07) is 0. The van der Waals surface area contributed by atoms with Crippen LogP contribution in [0.5, 0.6) is 0 Å². The molecule has 1 saturated carbocycles. The lowest BCUT2D eigenvalue weighted by molar-refractivity contribution is -0.122. The van der Waals surface area contributed by atoms with Crippen molar-refractivity contribution in [2.45, 2.75) is 25.9 Å². The number of dihydropyridines is 1. The molecule has 1 aliphatic heterocycles. The molecule has 0 aromatic rings. The van der Waals surface area contributed by atoms with E-state index in [1.54, 1.807) is 12.3 Å². The summed E-state index contributed by atoms with van der Waals surface area (Å²) < 4.78 is 0. The van der Waals surface area contributed by atoms with Gasteiger partial charge in [-0.25, -0.2) is 0 Å². The SMILES string of the molecule is C/C=C1\C(N)=CC=NC1NC(=O)C1CC1. The summed E-state index contributed by atoms with van der Waals surface area (Å²) in [5.41, 5.74) is 7.35. The highest BCUT2D eigenvalue weighted by molar-refractivity contribution is 5.83. The van der Waals surface area contributed by atoms with Gasteiger partial charge in [-0.15, -0.1) is 0 Å². The fourth-order valence-corrected chi connectivity index (χ4v) is 1.58. The highest BCUT2D eigenvalue weighted by Gasteiger charge is 2.31. The van der Waals surface area contributed by atoms with E-state index in [4.69, 9.17) is 5.73 Å². The molecule has 80 valence electrons. The van der Waals surface area contributed by atoms with Gasteiger partial charge in [-0.2, -0.15) is 0 Å². The van der Waals surface area contributed by atoms with Crippen molar-refractivity contribution in [3.05, 3.63) is 23.4 Å². The normalized spacial score (nSPS) is 27.7. The van der Waals surface area contributed by atoms with Crippen molar-refractivity contribution < 1.29 is 4.79 Å². The van der Waals surface area contributed by atoms with Crippen LogP contribution in [0.4, 0.5) is 0 Å². The molecule has 1 unspecified atom stereocenters. The molecule has 15 heavy (non-hydrogen) atoms. The smallest absolute Gasteiger partial charge is 0.225 e. The third-order valence-corrected chi connectivity index (χ3v) is 2.66. The first-order valence-corrected chi connectivity index (χ1v) is 5.18. The maximum atomic E-state index is 11.6. The van der Waals surface area contributed by atoms with Gasteiger partial charge in [0, 0.05) is 23.4 Å². The largest absolute Gasteiger partial charge is 0.398 e. The fourth-order valence-electron chi connectivity index (χ4n) is 1.58. The number of amides is 1. The maximum absolute atomic E-state index is 11.6. The Morgan fingerprint density at radius 2 is 2.40 bits per heavy atom. The molecule has 0 bridgehead atoms. The second-order valence-corrected chi connectivity index (χ2v) is 3.85. The lowest BCUT2D eigenvalue weighted by Gasteiger charge is -2.20. The summed E-state index contributed by atoms with van der Waals surface area (Å²) in [5, 5.41) is 2.89. The first-order chi connectivity index (χ1) is 7.22. The van der Waals surface area contributed by atoms with Gasteiger partial charge in [0.2, 0.25) is 5.91 Å². The monoisotopic (exact) mass is 205 g/mol. The van der Waals surface area contributed by atoms with Crippen LogP contribution in [0.3, 0.4) is 0 Å². The zero-order valence-electron chi connectivity index (χ0n) is 8.73. The van der Waals surface area contributed by atoms with Gasteiger partial charge in [0.15, 0.2) is 0 Å². The molecule has 1 amide bonds. The predicted octanol–water partition coefficient (Wildman–Crippen LogP) is 0.712. The molecule has 2 aliphatic rings. The zero-order chi connectivity index (χ0) is 10.8. The Balaban J connectivity index is 2.05. The van der Waals surface area contributed by atoms with Crippen molar-refractivity contribution in [2.24, 2.45) is 16.6 Å². The molecule has 4 heteroatoms. The number of aliphatic imine (C=N–C) groups is 1. The van der Waals surface area contributed by atoms with Crippen molar-refractivity contribution in [2.75, 3.05) is 0 Å². The van der Waals surface area contributed by atoms with Crippen LogP contribution in [0.15, 0.2) is 28.4 Å². The van der Waals surface area contributed by atoms with E-state index in [0.29, 0.717) is 5.70 Å². The summed E-state index contributed by atoms with van der Waals surface area (Å²) in [6.45, 7) is 1.90. The van der Waals surface area contributed by atoms with E-state index in [0.717, 1.165) is 18.4 Å². The van der Waals surface area contributed by atoms with Crippen LogP contribution in [0.25, 0.3) is 0 Å². The Labute approximate surface area is 88.9 Å². The summed E-state index contributed by atoms with van der Waals surface area (Å²) in [4.78, 5) is 15.8. The van der Waals surface area contributed by atoms with Crippen molar-refractivity contribution in [1.82, 2.24) is 5.32 Å². The van der Waals surface area contributed by atoms with Crippen molar-refractivity contribution in [3.63, 3.8) is 0 Å². The van der Waals surface area contributed by atoms with E-state index in [-0.39, 0.29) is 18.0 Å². The lowest BCUT2D eigenvalue weighted by Crippen LogP contribution is -2.38. The Morgan fingerprint density at radius 3 is 3.00 bits per heavy atom. The van der Waals surface area contributed by atoms with Crippen LogP contribution in [-0.2, 0) is 4.79 Å². The van der Waals surface area contributed by atoms with Crippen LogP contribution < -0.4 is 11.1 Å². The molecule has 0 saturated heterocycles. The molecule has 1 atom stereocenters. The topological polar surface area (TPSA) is 67.5 Å². The van der Waals surface area contributed by atoms with Gasteiger partial charge in [0.1, 0.15) is 6.17 Å². The standard InChI is InChI=1S/C11H15N3O/c1-2-8-9(12)5-6-13-10(8)14-11(15)7-3-4-7/h2,5-7,10H,3-4,12H2,1H3,(H,14,15)/b8-2+. The minimum atomic E-state index is -0.298. The first kappa shape index (κ1) is 9.96. The van der Waals surface area contributed by atoms with Crippen molar-refractivity contribution >= 4 is 12.1 Å². The third kappa shape index (κ3) is 2.09. The molecule has 3 N–H and O–H groups in total. The Morgan fingerprint density at radius 1 is 1.67 bits per heavy atom. The number of hydrogen-bond donors (Lipinski definition) is 2. The van der Waals surface area contributed by atoms with Crippen LogP contribution in [0.2, 0.25) is 0 Å². The van der Waals surface area contributed by atoms with Gasteiger partial charge in [0.05, 0.1) is 0 Å². The molecule has 0 aromatic heterocycles. The molecule has 0 aromatic carbocycles. The number of allylic oxidation sites excluding steroid dienone is 2. The maximum Gasteiger partial charge on any atom is 0.225 e. The van der Waals surface area contributed by atoms with E-state index >= 15 is 0 Å². The molecular weight excluding hydrogens is 190 g/mol. The number of nitrogens with zero attached hydrogens (tertiary/aromatic N) is 1. The third-order valence-electron chi connectivity index (χ3n) is 2.66. The number of carbonyl (C=O) groups is 1. The molecule has 1 heterocycles. The number of nitrogens with two attached hydrogens (primary N) is 1. The predicted molar refractivity (Wildman–Crippen MR) is 59.2 cm³/mol. The van der Waals surface area contributed by atoms with E-state index in [2.05, 4.69) is 10.3 Å². The van der Waals surface area contributed by atoms with Gasteiger partial charge in [-0.3, -0.25) is 9.79 Å². The van der Waals surface area contributed by atoms with Gasteiger partial charge in [-0.1, -0.05) is 6.08 Å². The van der Waals surface area contributed by atoms with Crippen LogP contribution in [-0.4, -0.2) is 18.3 Å². The highest BCUT2D eigenvalue weighted by atomic mass is 16.2. The second-order valence-electron chi connectivity index (χ2n) is 3.85. The van der Waals surface area contributed by atoms with Crippen molar-refractivity contribution in [3.8, 4) is 0 Å². The minimum Gasteiger partial charge on any atom is -0.398 e. The van der Waals surface area contributed by atoms with Gasteiger partial charge in [-0.05, 0) is 25.8 Å². The lowest BCUT2D eigenvalue weighted by atomic mass is 10.1.